The molecule has 0 saturated carbocycles. The van der Waals surface area contributed by atoms with Crippen LogP contribution in [0.5, 0.6) is 0 Å². The number of hydrogen-bond donors (Lipinski definition) is 1. The van der Waals surface area contributed by atoms with E-state index in [1.165, 1.54) is 24.4 Å². The zero-order chi connectivity index (χ0) is 9.10. The molecule has 1 aliphatic heterocycles. The Morgan fingerprint density at radius 3 is 3.23 bits per heavy atom. The minimum absolute atomic E-state index is 0.701. The second-order valence-electron chi connectivity index (χ2n) is 3.71. The van der Waals surface area contributed by atoms with E-state index in [2.05, 4.69) is 34.8 Å². The van der Waals surface area contributed by atoms with Crippen LogP contribution in [-0.4, -0.2) is 31.1 Å². The molecule has 1 unspecified atom stereocenters. The van der Waals surface area contributed by atoms with Crippen molar-refractivity contribution in [2.75, 3.05) is 20.1 Å². The third kappa shape index (κ3) is 2.53. The first kappa shape index (κ1) is 9.19. The first-order valence-electron chi connectivity index (χ1n) is 4.79. The smallest absolute Gasteiger partial charge is 0.0302 e. The largest absolute Gasteiger partial charge is 0.308 e. The van der Waals surface area contributed by atoms with E-state index in [1.807, 2.05) is 11.3 Å². The molecule has 0 radical (unpaired) electrons. The quantitative estimate of drug-likeness (QED) is 0.789. The molecule has 3 heteroatoms. The monoisotopic (exact) mass is 196 g/mol. The fourth-order valence-corrected chi connectivity index (χ4v) is 2.42. The number of thiophene rings is 1. The van der Waals surface area contributed by atoms with Crippen LogP contribution >= 0.6 is 11.3 Å². The van der Waals surface area contributed by atoms with Crippen LogP contribution in [0.2, 0.25) is 0 Å². The van der Waals surface area contributed by atoms with Gasteiger partial charge in [-0.2, -0.15) is 0 Å². The van der Waals surface area contributed by atoms with Crippen molar-refractivity contribution in [3.05, 3.63) is 22.4 Å². The maximum atomic E-state index is 3.58. The molecule has 1 fully saturated rings. The molecule has 2 nitrogen and oxygen atoms in total. The Morgan fingerprint density at radius 1 is 1.69 bits per heavy atom. The normalized spacial score (nSPS) is 23.9. The minimum Gasteiger partial charge on any atom is -0.308 e. The Hall–Kier alpha value is -0.380. The van der Waals surface area contributed by atoms with Crippen LogP contribution in [0.15, 0.2) is 17.5 Å². The minimum atomic E-state index is 0.701. The van der Waals surface area contributed by atoms with Gasteiger partial charge in [-0.1, -0.05) is 6.07 Å². The number of likely N-dealkylation sites (N-methyl/N-ethyl adjacent to an activating group) is 1. The van der Waals surface area contributed by atoms with Crippen molar-refractivity contribution in [3.8, 4) is 0 Å². The van der Waals surface area contributed by atoms with Crippen molar-refractivity contribution in [3.63, 3.8) is 0 Å². The lowest BCUT2D eigenvalue weighted by Gasteiger charge is -2.11. The predicted molar refractivity (Wildman–Crippen MR) is 57.1 cm³/mol. The third-order valence-electron chi connectivity index (χ3n) is 2.54. The topological polar surface area (TPSA) is 15.3 Å². The van der Waals surface area contributed by atoms with Crippen molar-refractivity contribution in [1.82, 2.24) is 10.2 Å². The summed E-state index contributed by atoms with van der Waals surface area (Å²) in [5, 5.41) is 5.72. The molecular weight excluding hydrogens is 180 g/mol. The average molecular weight is 196 g/mol. The highest BCUT2D eigenvalue weighted by molar-refractivity contribution is 7.09. The van der Waals surface area contributed by atoms with Crippen LogP contribution in [-0.2, 0) is 6.54 Å². The average Bonchev–Trinajstić information content (AvgIpc) is 2.71. The van der Waals surface area contributed by atoms with Crippen molar-refractivity contribution >= 4 is 11.3 Å². The van der Waals surface area contributed by atoms with Crippen LogP contribution in [0.4, 0.5) is 0 Å². The number of likely N-dealkylation sites (tertiary alicyclic amines) is 1. The summed E-state index contributed by atoms with van der Waals surface area (Å²) in [6.45, 7) is 3.48. The highest BCUT2D eigenvalue weighted by atomic mass is 32.1. The van der Waals surface area contributed by atoms with Crippen molar-refractivity contribution in [2.45, 2.75) is 19.0 Å². The van der Waals surface area contributed by atoms with Crippen LogP contribution in [0.1, 0.15) is 11.3 Å². The van der Waals surface area contributed by atoms with Gasteiger partial charge in [0, 0.05) is 24.0 Å². The number of nitrogens with one attached hydrogen (secondary N) is 1. The van der Waals surface area contributed by atoms with Gasteiger partial charge in [-0.25, -0.2) is 0 Å². The van der Waals surface area contributed by atoms with E-state index in [0.29, 0.717) is 6.04 Å². The Kier molecular flexibility index (Phi) is 2.98. The molecule has 1 aromatic rings. The third-order valence-corrected chi connectivity index (χ3v) is 3.41. The van der Waals surface area contributed by atoms with Gasteiger partial charge >= 0.3 is 0 Å². The number of rotatable bonds is 3. The maximum Gasteiger partial charge on any atom is 0.0302 e. The molecule has 0 spiro atoms. The first-order chi connectivity index (χ1) is 6.34. The van der Waals surface area contributed by atoms with Crippen LogP contribution in [0, 0.1) is 0 Å². The Morgan fingerprint density at radius 2 is 2.62 bits per heavy atom. The number of hydrogen-bond acceptors (Lipinski definition) is 3. The molecule has 72 valence electrons. The molecule has 2 rings (SSSR count). The van der Waals surface area contributed by atoms with Gasteiger partial charge in [-0.15, -0.1) is 11.3 Å². The predicted octanol–water partition coefficient (Wildman–Crippen LogP) is 1.54. The lowest BCUT2D eigenvalue weighted by atomic mass is 10.2. The van der Waals surface area contributed by atoms with E-state index in [4.69, 9.17) is 0 Å². The molecule has 0 aliphatic carbocycles. The van der Waals surface area contributed by atoms with Gasteiger partial charge in [0.2, 0.25) is 0 Å². The fraction of sp³-hybridized carbons (Fsp3) is 0.600. The van der Waals surface area contributed by atoms with Gasteiger partial charge in [0.25, 0.3) is 0 Å². The molecule has 0 bridgehead atoms. The van der Waals surface area contributed by atoms with Crippen molar-refractivity contribution in [1.29, 1.82) is 0 Å². The van der Waals surface area contributed by atoms with Gasteiger partial charge < -0.3 is 10.2 Å². The van der Waals surface area contributed by atoms with Crippen molar-refractivity contribution in [2.24, 2.45) is 0 Å². The second-order valence-corrected chi connectivity index (χ2v) is 4.74. The van der Waals surface area contributed by atoms with Crippen LogP contribution in [0.25, 0.3) is 0 Å². The summed E-state index contributed by atoms with van der Waals surface area (Å²) in [7, 11) is 2.19. The summed E-state index contributed by atoms with van der Waals surface area (Å²) in [4.78, 5) is 3.82. The summed E-state index contributed by atoms with van der Waals surface area (Å²) in [5.41, 5.74) is 0. The second kappa shape index (κ2) is 4.22. The Balaban J connectivity index is 1.74. The van der Waals surface area contributed by atoms with E-state index >= 15 is 0 Å². The van der Waals surface area contributed by atoms with E-state index in [0.717, 1.165) is 6.54 Å². The summed E-state index contributed by atoms with van der Waals surface area (Å²) in [6, 6.07) is 5.01. The molecule has 0 amide bonds. The zero-order valence-corrected chi connectivity index (χ0v) is 8.81. The molecule has 13 heavy (non-hydrogen) atoms. The standard InChI is InChI=1S/C10H16N2S/c1-12-5-4-9(8-12)11-7-10-3-2-6-13-10/h2-3,6,9,11H,4-5,7-8H2,1H3. The van der Waals surface area contributed by atoms with Crippen LogP contribution in [0.3, 0.4) is 0 Å². The molecule has 1 atom stereocenters. The highest BCUT2D eigenvalue weighted by Crippen LogP contribution is 2.10. The Labute approximate surface area is 83.6 Å². The van der Waals surface area contributed by atoms with E-state index in [-0.39, 0.29) is 0 Å². The van der Waals surface area contributed by atoms with Gasteiger partial charge in [0.1, 0.15) is 0 Å². The lowest BCUT2D eigenvalue weighted by molar-refractivity contribution is 0.398. The Bertz CT molecular complexity index is 245. The van der Waals surface area contributed by atoms with E-state index in [9.17, 15) is 0 Å². The highest BCUT2D eigenvalue weighted by Gasteiger charge is 2.18. The molecule has 1 N–H and O–H groups in total. The summed E-state index contributed by atoms with van der Waals surface area (Å²) in [6.07, 6.45) is 1.29. The maximum absolute atomic E-state index is 3.58. The molecule has 2 heterocycles. The summed E-state index contributed by atoms with van der Waals surface area (Å²) >= 11 is 1.83. The number of nitrogens with zero attached hydrogens (tertiary/aromatic N) is 1. The molecular formula is C10H16N2S. The van der Waals surface area contributed by atoms with Gasteiger partial charge in [0.05, 0.1) is 0 Å². The molecule has 1 aliphatic rings. The zero-order valence-electron chi connectivity index (χ0n) is 7.99. The van der Waals surface area contributed by atoms with Gasteiger partial charge in [-0.3, -0.25) is 0 Å². The lowest BCUT2D eigenvalue weighted by Crippen LogP contribution is -2.30. The van der Waals surface area contributed by atoms with Crippen molar-refractivity contribution < 1.29 is 0 Å². The summed E-state index contributed by atoms with van der Waals surface area (Å²) in [5.74, 6) is 0. The van der Waals surface area contributed by atoms with Gasteiger partial charge in [0.15, 0.2) is 0 Å². The van der Waals surface area contributed by atoms with E-state index in [1.54, 1.807) is 0 Å². The fourth-order valence-electron chi connectivity index (χ4n) is 1.76. The first-order valence-corrected chi connectivity index (χ1v) is 5.67. The molecule has 0 aromatic carbocycles. The SMILES string of the molecule is CN1CCC(NCc2cccs2)C1. The molecule has 1 aromatic heterocycles. The summed E-state index contributed by atoms with van der Waals surface area (Å²) < 4.78 is 0. The molecule has 1 saturated heterocycles. The van der Waals surface area contributed by atoms with Gasteiger partial charge in [-0.05, 0) is 31.5 Å². The van der Waals surface area contributed by atoms with E-state index < -0.39 is 0 Å². The van der Waals surface area contributed by atoms with Crippen LogP contribution < -0.4 is 5.32 Å².